The van der Waals surface area contributed by atoms with Gasteiger partial charge < -0.3 is 15.0 Å². The number of thiophene rings is 2. The molecule has 0 saturated carbocycles. The van der Waals surface area contributed by atoms with Crippen molar-refractivity contribution < 1.29 is 14.3 Å². The maximum Gasteiger partial charge on any atom is 0.407 e. The summed E-state index contributed by atoms with van der Waals surface area (Å²) >= 11 is 3.00. The molecule has 4 heterocycles. The van der Waals surface area contributed by atoms with Crippen molar-refractivity contribution >= 4 is 44.9 Å². The number of carbonyl (C=O) groups excluding carboxylic acids is 2. The molecule has 2 amide bonds. The van der Waals surface area contributed by atoms with Gasteiger partial charge in [-0.15, -0.1) is 22.7 Å². The fourth-order valence-electron chi connectivity index (χ4n) is 3.99. The number of aromatic nitrogens is 2. The van der Waals surface area contributed by atoms with E-state index in [0.717, 1.165) is 29.7 Å². The van der Waals surface area contributed by atoms with Crippen molar-refractivity contribution in [1.82, 2.24) is 19.8 Å². The maximum atomic E-state index is 13.2. The zero-order valence-corrected chi connectivity index (χ0v) is 20.6. The third-order valence-corrected chi connectivity index (χ3v) is 7.27. The number of hydrogen-bond acceptors (Lipinski definition) is 7. The summed E-state index contributed by atoms with van der Waals surface area (Å²) in [5.41, 5.74) is 0.0721. The quantitative estimate of drug-likeness (QED) is 0.584. The van der Waals surface area contributed by atoms with Gasteiger partial charge in [0.1, 0.15) is 17.0 Å². The van der Waals surface area contributed by atoms with E-state index in [9.17, 15) is 14.4 Å². The summed E-state index contributed by atoms with van der Waals surface area (Å²) in [6, 6.07) is 3.79. The monoisotopic (exact) mass is 488 g/mol. The van der Waals surface area contributed by atoms with E-state index < -0.39 is 11.7 Å². The molecule has 4 rings (SSSR count). The van der Waals surface area contributed by atoms with Gasteiger partial charge in [0.25, 0.3) is 5.56 Å². The lowest BCUT2D eigenvalue weighted by Crippen LogP contribution is -2.51. The van der Waals surface area contributed by atoms with Crippen LogP contribution in [-0.2, 0) is 16.1 Å². The number of alkyl carbamates (subject to hydrolysis) is 1. The Kier molecular flexibility index (Phi) is 6.85. The Hall–Kier alpha value is -2.72. The van der Waals surface area contributed by atoms with Crippen molar-refractivity contribution in [2.24, 2.45) is 0 Å². The van der Waals surface area contributed by atoms with Crippen LogP contribution in [0.3, 0.4) is 0 Å². The van der Waals surface area contributed by atoms with E-state index in [0.29, 0.717) is 23.3 Å². The minimum Gasteiger partial charge on any atom is -0.444 e. The predicted octanol–water partition coefficient (Wildman–Crippen LogP) is 4.09. The molecular formula is C23H28N4O4S2. The molecule has 1 aliphatic heterocycles. The molecule has 1 aliphatic rings. The van der Waals surface area contributed by atoms with Crippen LogP contribution in [0.4, 0.5) is 4.79 Å². The number of piperidine rings is 1. The standard InChI is InChI=1S/C23H28N4O4S2/c1-23(2,3)31-22(30)24-11-15-7-4-5-9-27(15)18(28)12-26-14-25-20-19(21(26)29)16(13-33-20)17-8-6-10-32-17/h6,8,10,13-15H,4-5,7,9,11-12H2,1-3H3,(H,24,30). The van der Waals surface area contributed by atoms with Gasteiger partial charge in [-0.3, -0.25) is 14.2 Å². The minimum absolute atomic E-state index is 0.0789. The number of fused-ring (bicyclic) bond motifs is 1. The number of rotatable bonds is 5. The molecule has 3 aromatic rings. The molecule has 0 spiro atoms. The van der Waals surface area contributed by atoms with E-state index in [1.807, 2.05) is 43.7 Å². The SMILES string of the molecule is CC(C)(C)OC(=O)NCC1CCCCN1C(=O)Cn1cnc2scc(-c3cccs3)c2c1=O. The highest BCUT2D eigenvalue weighted by molar-refractivity contribution is 7.18. The van der Waals surface area contributed by atoms with Gasteiger partial charge in [-0.25, -0.2) is 9.78 Å². The molecule has 10 heteroatoms. The van der Waals surface area contributed by atoms with Crippen LogP contribution < -0.4 is 10.9 Å². The van der Waals surface area contributed by atoms with Crippen molar-refractivity contribution in [1.29, 1.82) is 0 Å². The Morgan fingerprint density at radius 1 is 1.27 bits per heavy atom. The average Bonchev–Trinajstić information content (AvgIpc) is 3.43. The minimum atomic E-state index is -0.581. The van der Waals surface area contributed by atoms with Gasteiger partial charge in [0.2, 0.25) is 5.91 Å². The summed E-state index contributed by atoms with van der Waals surface area (Å²) in [4.78, 5) is 46.4. The highest BCUT2D eigenvalue weighted by atomic mass is 32.1. The molecule has 1 unspecified atom stereocenters. The van der Waals surface area contributed by atoms with Crippen LogP contribution >= 0.6 is 22.7 Å². The number of nitrogens with zero attached hydrogens (tertiary/aromatic N) is 3. The van der Waals surface area contributed by atoms with Crippen molar-refractivity contribution in [3.05, 3.63) is 39.6 Å². The van der Waals surface area contributed by atoms with Crippen LogP contribution in [0.2, 0.25) is 0 Å². The molecule has 33 heavy (non-hydrogen) atoms. The highest BCUT2D eigenvalue weighted by Gasteiger charge is 2.28. The summed E-state index contributed by atoms with van der Waals surface area (Å²) in [5, 5.41) is 7.25. The summed E-state index contributed by atoms with van der Waals surface area (Å²) < 4.78 is 6.70. The lowest BCUT2D eigenvalue weighted by atomic mass is 10.0. The Morgan fingerprint density at radius 3 is 2.82 bits per heavy atom. The van der Waals surface area contributed by atoms with Gasteiger partial charge in [0, 0.05) is 35.0 Å². The third-order valence-electron chi connectivity index (χ3n) is 5.48. The highest BCUT2D eigenvalue weighted by Crippen LogP contribution is 2.33. The van der Waals surface area contributed by atoms with Gasteiger partial charge in [-0.2, -0.15) is 0 Å². The fraction of sp³-hybridized carbons (Fsp3) is 0.478. The first-order chi connectivity index (χ1) is 15.7. The molecule has 1 atom stereocenters. The topological polar surface area (TPSA) is 93.5 Å². The Morgan fingerprint density at radius 2 is 2.09 bits per heavy atom. The largest absolute Gasteiger partial charge is 0.444 e. The second-order valence-corrected chi connectivity index (χ2v) is 10.9. The predicted molar refractivity (Wildman–Crippen MR) is 131 cm³/mol. The van der Waals surface area contributed by atoms with Gasteiger partial charge in [0.05, 0.1) is 11.7 Å². The van der Waals surface area contributed by atoms with E-state index in [1.165, 1.54) is 22.2 Å². The van der Waals surface area contributed by atoms with Crippen LogP contribution in [0, 0.1) is 0 Å². The van der Waals surface area contributed by atoms with Crippen LogP contribution in [0.1, 0.15) is 40.0 Å². The first-order valence-corrected chi connectivity index (χ1v) is 12.8. The third kappa shape index (κ3) is 5.44. The van der Waals surface area contributed by atoms with Crippen molar-refractivity contribution in [3.8, 4) is 10.4 Å². The smallest absolute Gasteiger partial charge is 0.407 e. The zero-order chi connectivity index (χ0) is 23.6. The Balaban J connectivity index is 1.49. The number of hydrogen-bond donors (Lipinski definition) is 1. The van der Waals surface area contributed by atoms with E-state index in [2.05, 4.69) is 10.3 Å². The van der Waals surface area contributed by atoms with Crippen LogP contribution in [-0.4, -0.2) is 51.2 Å². The summed E-state index contributed by atoms with van der Waals surface area (Å²) in [5.74, 6) is -0.151. The molecule has 1 saturated heterocycles. The van der Waals surface area contributed by atoms with E-state index in [1.54, 1.807) is 16.2 Å². The van der Waals surface area contributed by atoms with Crippen LogP contribution in [0.5, 0.6) is 0 Å². The number of likely N-dealkylation sites (tertiary alicyclic amines) is 1. The molecule has 0 aliphatic carbocycles. The van der Waals surface area contributed by atoms with Crippen LogP contribution in [0.15, 0.2) is 34.0 Å². The molecule has 1 N–H and O–H groups in total. The van der Waals surface area contributed by atoms with Gasteiger partial charge >= 0.3 is 6.09 Å². The normalized spacial score (nSPS) is 16.7. The second kappa shape index (κ2) is 9.64. The van der Waals surface area contributed by atoms with Crippen molar-refractivity contribution in [2.45, 2.75) is 58.2 Å². The number of ether oxygens (including phenoxy) is 1. The average molecular weight is 489 g/mol. The van der Waals surface area contributed by atoms with E-state index >= 15 is 0 Å². The maximum absolute atomic E-state index is 13.2. The molecule has 3 aromatic heterocycles. The summed E-state index contributed by atoms with van der Waals surface area (Å²) in [7, 11) is 0. The molecule has 176 valence electrons. The zero-order valence-electron chi connectivity index (χ0n) is 19.0. The molecule has 8 nitrogen and oxygen atoms in total. The number of amides is 2. The van der Waals surface area contributed by atoms with Gasteiger partial charge in [0.15, 0.2) is 0 Å². The first-order valence-electron chi connectivity index (χ1n) is 11.0. The molecule has 0 radical (unpaired) electrons. The van der Waals surface area contributed by atoms with Crippen molar-refractivity contribution in [3.63, 3.8) is 0 Å². The molecule has 1 fully saturated rings. The van der Waals surface area contributed by atoms with Crippen LogP contribution in [0.25, 0.3) is 20.7 Å². The fourth-order valence-corrected chi connectivity index (χ4v) is 5.71. The summed E-state index contributed by atoms with van der Waals surface area (Å²) in [6.45, 7) is 6.27. The number of nitrogens with one attached hydrogen (secondary N) is 1. The summed E-state index contributed by atoms with van der Waals surface area (Å²) in [6.07, 6.45) is 3.63. The molecule has 0 aromatic carbocycles. The van der Waals surface area contributed by atoms with E-state index in [4.69, 9.17) is 4.74 Å². The van der Waals surface area contributed by atoms with Gasteiger partial charge in [-0.05, 0) is 51.5 Å². The second-order valence-electron chi connectivity index (χ2n) is 9.10. The molecule has 0 bridgehead atoms. The van der Waals surface area contributed by atoms with Gasteiger partial charge in [-0.1, -0.05) is 6.07 Å². The van der Waals surface area contributed by atoms with E-state index in [-0.39, 0.29) is 24.1 Å². The van der Waals surface area contributed by atoms with Crippen molar-refractivity contribution in [2.75, 3.05) is 13.1 Å². The Bertz CT molecular complexity index is 1190. The number of carbonyl (C=O) groups is 2. The first kappa shape index (κ1) is 23.4. The lowest BCUT2D eigenvalue weighted by molar-refractivity contribution is -0.135. The molecular weight excluding hydrogens is 460 g/mol. The Labute approximate surface area is 200 Å². The lowest BCUT2D eigenvalue weighted by Gasteiger charge is -2.36.